The Labute approximate surface area is 118 Å². The Hall–Kier alpha value is -1.33. The molecule has 0 aliphatic carbocycles. The van der Waals surface area contributed by atoms with Crippen molar-refractivity contribution in [2.75, 3.05) is 7.11 Å². The molecule has 0 aliphatic rings. The predicted octanol–water partition coefficient (Wildman–Crippen LogP) is 3.45. The zero-order valence-corrected chi connectivity index (χ0v) is 12.2. The standard InChI is InChI=1S/C13H12BrNO2S/c1-17-12-5-3-2-4-11(12)13(16)15-7-10-6-9(14)8-18-10/h2-6,8H,7H2,1H3,(H,15,16). The zero-order chi connectivity index (χ0) is 13.0. The minimum Gasteiger partial charge on any atom is -0.496 e. The van der Waals surface area contributed by atoms with Crippen molar-refractivity contribution in [3.63, 3.8) is 0 Å². The lowest BCUT2D eigenvalue weighted by molar-refractivity contribution is 0.0948. The number of hydrogen-bond donors (Lipinski definition) is 1. The Morgan fingerprint density at radius 1 is 1.44 bits per heavy atom. The molecule has 0 bridgehead atoms. The van der Waals surface area contributed by atoms with Crippen LogP contribution in [0.15, 0.2) is 40.2 Å². The summed E-state index contributed by atoms with van der Waals surface area (Å²) in [4.78, 5) is 13.1. The molecule has 0 atom stereocenters. The van der Waals surface area contributed by atoms with Gasteiger partial charge < -0.3 is 10.1 Å². The van der Waals surface area contributed by atoms with Gasteiger partial charge in [-0.15, -0.1) is 11.3 Å². The Morgan fingerprint density at radius 2 is 2.22 bits per heavy atom. The first kappa shape index (κ1) is 13.1. The summed E-state index contributed by atoms with van der Waals surface area (Å²) in [6.45, 7) is 0.521. The summed E-state index contributed by atoms with van der Waals surface area (Å²) >= 11 is 4.99. The first-order chi connectivity index (χ1) is 8.70. The minimum absolute atomic E-state index is 0.128. The van der Waals surface area contributed by atoms with Gasteiger partial charge in [0, 0.05) is 14.7 Å². The molecule has 1 aromatic carbocycles. The molecule has 5 heteroatoms. The first-order valence-corrected chi connectivity index (χ1v) is 7.02. The lowest BCUT2D eigenvalue weighted by Gasteiger charge is -2.08. The second-order valence-corrected chi connectivity index (χ2v) is 5.53. The number of carbonyl (C=O) groups is 1. The number of halogens is 1. The zero-order valence-electron chi connectivity index (χ0n) is 9.77. The van der Waals surface area contributed by atoms with E-state index in [4.69, 9.17) is 4.74 Å². The summed E-state index contributed by atoms with van der Waals surface area (Å²) in [6.07, 6.45) is 0. The number of rotatable bonds is 4. The third-order valence-electron chi connectivity index (χ3n) is 2.40. The van der Waals surface area contributed by atoms with Crippen molar-refractivity contribution in [3.05, 3.63) is 50.6 Å². The van der Waals surface area contributed by atoms with Crippen LogP contribution < -0.4 is 10.1 Å². The molecule has 0 unspecified atom stereocenters. The van der Waals surface area contributed by atoms with E-state index in [0.717, 1.165) is 9.35 Å². The molecule has 0 saturated heterocycles. The van der Waals surface area contributed by atoms with Gasteiger partial charge in [-0.25, -0.2) is 0 Å². The molecule has 0 radical (unpaired) electrons. The second kappa shape index (κ2) is 6.02. The molecule has 1 N–H and O–H groups in total. The maximum absolute atomic E-state index is 12.0. The van der Waals surface area contributed by atoms with Crippen molar-refractivity contribution < 1.29 is 9.53 Å². The van der Waals surface area contributed by atoms with Gasteiger partial charge in [0.1, 0.15) is 5.75 Å². The third-order valence-corrected chi connectivity index (χ3v) is 4.09. The Morgan fingerprint density at radius 3 is 2.89 bits per heavy atom. The fourth-order valence-corrected chi connectivity index (χ4v) is 2.93. The van der Waals surface area contributed by atoms with Crippen molar-refractivity contribution in [2.24, 2.45) is 0 Å². The molecule has 18 heavy (non-hydrogen) atoms. The molecule has 1 aromatic heterocycles. The first-order valence-electron chi connectivity index (χ1n) is 5.35. The molecule has 1 heterocycles. The molecular formula is C13H12BrNO2S. The van der Waals surface area contributed by atoms with Crippen molar-refractivity contribution in [3.8, 4) is 5.75 Å². The van der Waals surface area contributed by atoms with Gasteiger partial charge in [-0.05, 0) is 34.1 Å². The van der Waals surface area contributed by atoms with Crippen LogP contribution in [0.1, 0.15) is 15.2 Å². The quantitative estimate of drug-likeness (QED) is 0.935. The molecular weight excluding hydrogens is 314 g/mol. The maximum Gasteiger partial charge on any atom is 0.255 e. The topological polar surface area (TPSA) is 38.3 Å². The summed E-state index contributed by atoms with van der Waals surface area (Å²) in [5.41, 5.74) is 0.552. The fourth-order valence-electron chi connectivity index (χ4n) is 1.54. The molecule has 0 aliphatic heterocycles. The van der Waals surface area contributed by atoms with Gasteiger partial charge in [0.25, 0.3) is 5.91 Å². The van der Waals surface area contributed by atoms with Crippen LogP contribution in [0.4, 0.5) is 0 Å². The molecule has 94 valence electrons. The molecule has 0 saturated carbocycles. The largest absolute Gasteiger partial charge is 0.496 e. The van der Waals surface area contributed by atoms with Gasteiger partial charge in [-0.2, -0.15) is 0 Å². The van der Waals surface area contributed by atoms with E-state index < -0.39 is 0 Å². The van der Waals surface area contributed by atoms with Crippen LogP contribution in [0.5, 0.6) is 5.75 Å². The van der Waals surface area contributed by atoms with Gasteiger partial charge in [-0.3, -0.25) is 4.79 Å². The molecule has 2 aromatic rings. The van der Waals surface area contributed by atoms with Crippen LogP contribution in [0.2, 0.25) is 0 Å². The highest BCUT2D eigenvalue weighted by Gasteiger charge is 2.11. The number of benzene rings is 1. The Balaban J connectivity index is 2.03. The van der Waals surface area contributed by atoms with Gasteiger partial charge in [0.05, 0.1) is 19.2 Å². The fraction of sp³-hybridized carbons (Fsp3) is 0.154. The number of carbonyl (C=O) groups excluding carboxylic acids is 1. The number of amides is 1. The minimum atomic E-state index is -0.128. The van der Waals surface area contributed by atoms with E-state index in [9.17, 15) is 4.79 Å². The number of hydrogen-bond acceptors (Lipinski definition) is 3. The SMILES string of the molecule is COc1ccccc1C(=O)NCc1cc(Br)cs1. The van der Waals surface area contributed by atoms with E-state index in [1.807, 2.05) is 23.6 Å². The van der Waals surface area contributed by atoms with E-state index in [-0.39, 0.29) is 5.91 Å². The van der Waals surface area contributed by atoms with E-state index >= 15 is 0 Å². The summed E-state index contributed by atoms with van der Waals surface area (Å²) < 4.78 is 6.19. The van der Waals surface area contributed by atoms with Crippen molar-refractivity contribution in [1.29, 1.82) is 0 Å². The lowest BCUT2D eigenvalue weighted by atomic mass is 10.2. The maximum atomic E-state index is 12.0. The highest BCUT2D eigenvalue weighted by Crippen LogP contribution is 2.20. The van der Waals surface area contributed by atoms with E-state index in [1.54, 1.807) is 30.6 Å². The Bertz CT molecular complexity index is 553. The molecule has 1 amide bonds. The summed E-state index contributed by atoms with van der Waals surface area (Å²) in [7, 11) is 1.56. The van der Waals surface area contributed by atoms with Gasteiger partial charge in [0.15, 0.2) is 0 Å². The molecule has 0 spiro atoms. The van der Waals surface area contributed by atoms with E-state index in [2.05, 4.69) is 21.2 Å². The highest BCUT2D eigenvalue weighted by molar-refractivity contribution is 9.10. The monoisotopic (exact) mass is 325 g/mol. The van der Waals surface area contributed by atoms with Crippen LogP contribution in [-0.4, -0.2) is 13.0 Å². The lowest BCUT2D eigenvalue weighted by Crippen LogP contribution is -2.22. The molecule has 0 fully saturated rings. The number of methoxy groups -OCH3 is 1. The van der Waals surface area contributed by atoms with Crippen molar-refractivity contribution in [1.82, 2.24) is 5.32 Å². The summed E-state index contributed by atoms with van der Waals surface area (Å²) in [6, 6.07) is 9.17. The average Bonchev–Trinajstić information content (AvgIpc) is 2.81. The molecule has 2 rings (SSSR count). The van der Waals surface area contributed by atoms with Gasteiger partial charge in [0.2, 0.25) is 0 Å². The van der Waals surface area contributed by atoms with Crippen molar-refractivity contribution in [2.45, 2.75) is 6.54 Å². The van der Waals surface area contributed by atoms with Crippen molar-refractivity contribution >= 4 is 33.2 Å². The van der Waals surface area contributed by atoms with Gasteiger partial charge >= 0.3 is 0 Å². The number of nitrogens with one attached hydrogen (secondary N) is 1. The normalized spacial score (nSPS) is 10.1. The predicted molar refractivity (Wildman–Crippen MR) is 76.2 cm³/mol. The smallest absolute Gasteiger partial charge is 0.255 e. The van der Waals surface area contributed by atoms with Gasteiger partial charge in [-0.1, -0.05) is 12.1 Å². The van der Waals surface area contributed by atoms with Crippen LogP contribution in [-0.2, 0) is 6.54 Å². The second-order valence-electron chi connectivity index (χ2n) is 3.61. The highest BCUT2D eigenvalue weighted by atomic mass is 79.9. The number of ether oxygens (including phenoxy) is 1. The number of para-hydroxylation sites is 1. The third kappa shape index (κ3) is 3.11. The Kier molecular flexibility index (Phi) is 4.38. The average molecular weight is 326 g/mol. The number of thiophene rings is 1. The van der Waals surface area contributed by atoms with Crippen LogP contribution in [0.3, 0.4) is 0 Å². The van der Waals surface area contributed by atoms with Crippen LogP contribution >= 0.6 is 27.3 Å². The van der Waals surface area contributed by atoms with Crippen LogP contribution in [0, 0.1) is 0 Å². The van der Waals surface area contributed by atoms with Crippen LogP contribution in [0.25, 0.3) is 0 Å². The summed E-state index contributed by atoms with van der Waals surface area (Å²) in [5.74, 6) is 0.458. The van der Waals surface area contributed by atoms with E-state index in [1.165, 1.54) is 0 Å². The summed E-state index contributed by atoms with van der Waals surface area (Å²) in [5, 5.41) is 4.86. The molecule has 3 nitrogen and oxygen atoms in total. The van der Waals surface area contributed by atoms with E-state index in [0.29, 0.717) is 17.9 Å².